The maximum absolute atomic E-state index is 12.7. The molecule has 1 aromatic heterocycles. The van der Waals surface area contributed by atoms with Gasteiger partial charge in [0.2, 0.25) is 17.8 Å². The zero-order chi connectivity index (χ0) is 16.5. The summed E-state index contributed by atoms with van der Waals surface area (Å²) in [4.78, 5) is 29.0. The lowest BCUT2D eigenvalue weighted by Gasteiger charge is -2.25. The van der Waals surface area contributed by atoms with Gasteiger partial charge in [-0.15, -0.1) is 0 Å². The van der Waals surface area contributed by atoms with Crippen LogP contribution in [0.5, 0.6) is 0 Å². The molecule has 0 fully saturated rings. The molecule has 1 aliphatic rings. The third-order valence-electron chi connectivity index (χ3n) is 4.15. The second-order valence-corrected chi connectivity index (χ2v) is 5.77. The van der Waals surface area contributed by atoms with E-state index in [9.17, 15) is 9.59 Å². The average molecular weight is 320 g/mol. The molecule has 1 atom stereocenters. The molecule has 2 aromatic carbocycles. The van der Waals surface area contributed by atoms with Gasteiger partial charge in [-0.25, -0.2) is 4.98 Å². The predicted molar refractivity (Wildman–Crippen MR) is 90.3 cm³/mol. The number of carbonyl (C=O) groups excluding carboxylic acids is 2. The Bertz CT molecular complexity index is 917. The highest BCUT2D eigenvalue weighted by Crippen LogP contribution is 2.30. The second-order valence-electron chi connectivity index (χ2n) is 5.77. The van der Waals surface area contributed by atoms with Crippen LogP contribution in [-0.4, -0.2) is 21.4 Å². The Labute approximate surface area is 138 Å². The maximum Gasteiger partial charge on any atom is 0.244 e. The van der Waals surface area contributed by atoms with Crippen LogP contribution in [0.4, 0.5) is 5.95 Å². The van der Waals surface area contributed by atoms with E-state index >= 15 is 0 Å². The molecule has 2 heterocycles. The summed E-state index contributed by atoms with van der Waals surface area (Å²) >= 11 is 0. The minimum absolute atomic E-state index is 0.105. The van der Waals surface area contributed by atoms with Crippen LogP contribution < -0.4 is 10.6 Å². The van der Waals surface area contributed by atoms with Crippen molar-refractivity contribution in [2.75, 3.05) is 5.32 Å². The van der Waals surface area contributed by atoms with Gasteiger partial charge in [-0.1, -0.05) is 42.5 Å². The molecule has 6 heteroatoms. The van der Waals surface area contributed by atoms with E-state index in [1.54, 1.807) is 4.57 Å². The van der Waals surface area contributed by atoms with Crippen molar-refractivity contribution >= 4 is 28.8 Å². The summed E-state index contributed by atoms with van der Waals surface area (Å²) in [6.45, 7) is 0.430. The molecule has 2 N–H and O–H groups in total. The van der Waals surface area contributed by atoms with E-state index in [1.165, 1.54) is 0 Å². The fourth-order valence-corrected chi connectivity index (χ4v) is 3.00. The number of nitrogens with one attached hydrogen (secondary N) is 2. The van der Waals surface area contributed by atoms with Gasteiger partial charge in [0.1, 0.15) is 6.04 Å². The average Bonchev–Trinajstić information content (AvgIpc) is 2.98. The first-order valence-electron chi connectivity index (χ1n) is 7.81. The van der Waals surface area contributed by atoms with Gasteiger partial charge < -0.3 is 5.32 Å². The van der Waals surface area contributed by atoms with Gasteiger partial charge in [-0.3, -0.25) is 19.5 Å². The minimum atomic E-state index is -0.593. The largest absolute Gasteiger partial charge is 0.350 e. The van der Waals surface area contributed by atoms with Gasteiger partial charge in [-0.2, -0.15) is 0 Å². The molecule has 0 saturated carbocycles. The lowest BCUT2D eigenvalue weighted by Crippen LogP contribution is -2.38. The van der Waals surface area contributed by atoms with Gasteiger partial charge in [0.15, 0.2) is 0 Å². The van der Waals surface area contributed by atoms with Gasteiger partial charge >= 0.3 is 0 Å². The third-order valence-corrected chi connectivity index (χ3v) is 4.15. The van der Waals surface area contributed by atoms with Crippen molar-refractivity contribution in [2.24, 2.45) is 0 Å². The van der Waals surface area contributed by atoms with Crippen LogP contribution in [0.25, 0.3) is 11.0 Å². The van der Waals surface area contributed by atoms with Crippen LogP contribution in [0, 0.1) is 0 Å². The van der Waals surface area contributed by atoms with Crippen molar-refractivity contribution in [2.45, 2.75) is 19.0 Å². The highest BCUT2D eigenvalue weighted by Gasteiger charge is 2.32. The predicted octanol–water partition coefficient (Wildman–Crippen LogP) is 2.24. The summed E-state index contributed by atoms with van der Waals surface area (Å²) in [6.07, 6.45) is 0.105. The Morgan fingerprint density at radius 3 is 2.75 bits per heavy atom. The van der Waals surface area contributed by atoms with Crippen molar-refractivity contribution < 1.29 is 9.59 Å². The highest BCUT2D eigenvalue weighted by molar-refractivity contribution is 5.99. The van der Waals surface area contributed by atoms with Gasteiger partial charge in [0, 0.05) is 6.54 Å². The third kappa shape index (κ3) is 2.52. The number of fused-ring (bicyclic) bond motifs is 3. The standard InChI is InChI=1S/C18H16N4O2/c23-16-10-15(17(24)19-11-12-6-2-1-3-7-12)22-14-9-5-4-8-13(14)20-18(22)21-16/h1-9,15H,10-11H2,(H,19,24)(H,20,21,23)/t15-/m0/s1. The number of anilines is 1. The van der Waals surface area contributed by atoms with Crippen molar-refractivity contribution in [3.05, 3.63) is 60.2 Å². The SMILES string of the molecule is O=C1C[C@@H](C(=O)NCc2ccccc2)n2c(nc3ccccc32)N1. The van der Waals surface area contributed by atoms with E-state index in [0.717, 1.165) is 16.6 Å². The van der Waals surface area contributed by atoms with Crippen LogP contribution in [-0.2, 0) is 16.1 Å². The number of hydrogen-bond donors (Lipinski definition) is 2. The molecular weight excluding hydrogens is 304 g/mol. The highest BCUT2D eigenvalue weighted by atomic mass is 16.2. The van der Waals surface area contributed by atoms with Crippen LogP contribution in [0.15, 0.2) is 54.6 Å². The number of aromatic nitrogens is 2. The zero-order valence-corrected chi connectivity index (χ0v) is 12.9. The van der Waals surface area contributed by atoms with E-state index in [2.05, 4.69) is 15.6 Å². The van der Waals surface area contributed by atoms with Gasteiger partial charge in [0.25, 0.3) is 0 Å². The molecular formula is C18H16N4O2. The Hall–Kier alpha value is -3.15. The zero-order valence-electron chi connectivity index (χ0n) is 12.9. The van der Waals surface area contributed by atoms with E-state index < -0.39 is 6.04 Å². The Kier molecular flexibility index (Phi) is 3.49. The number of benzene rings is 2. The molecule has 0 spiro atoms. The molecule has 4 rings (SSSR count). The molecule has 1 aliphatic heterocycles. The van der Waals surface area contributed by atoms with Crippen LogP contribution in [0.2, 0.25) is 0 Å². The molecule has 0 radical (unpaired) electrons. The summed E-state index contributed by atoms with van der Waals surface area (Å²) in [7, 11) is 0. The molecule has 2 amide bonds. The Morgan fingerprint density at radius 1 is 1.17 bits per heavy atom. The second kappa shape index (κ2) is 5.81. The lowest BCUT2D eigenvalue weighted by atomic mass is 10.1. The fraction of sp³-hybridized carbons (Fsp3) is 0.167. The molecule has 6 nitrogen and oxygen atoms in total. The van der Waals surface area contributed by atoms with Crippen LogP contribution in [0.1, 0.15) is 18.0 Å². The first-order chi connectivity index (χ1) is 11.7. The Balaban J connectivity index is 1.64. The number of para-hydroxylation sites is 2. The quantitative estimate of drug-likeness (QED) is 0.777. The number of imidazole rings is 1. The first-order valence-corrected chi connectivity index (χ1v) is 7.81. The van der Waals surface area contributed by atoms with E-state index in [4.69, 9.17) is 0 Å². The molecule has 0 unspecified atom stereocenters. The molecule has 120 valence electrons. The summed E-state index contributed by atoms with van der Waals surface area (Å²) in [5.74, 6) is 0.0445. The first kappa shape index (κ1) is 14.4. The number of rotatable bonds is 3. The summed E-state index contributed by atoms with van der Waals surface area (Å²) in [5.41, 5.74) is 2.62. The summed E-state index contributed by atoms with van der Waals surface area (Å²) < 4.78 is 1.80. The van der Waals surface area contributed by atoms with E-state index in [-0.39, 0.29) is 18.2 Å². The van der Waals surface area contributed by atoms with E-state index in [1.807, 2.05) is 54.6 Å². The molecule has 0 aliphatic carbocycles. The van der Waals surface area contributed by atoms with Gasteiger partial charge in [0.05, 0.1) is 17.5 Å². The lowest BCUT2D eigenvalue weighted by molar-refractivity contribution is -0.128. The molecule has 24 heavy (non-hydrogen) atoms. The number of nitrogens with zero attached hydrogens (tertiary/aromatic N) is 2. The van der Waals surface area contributed by atoms with Crippen LogP contribution in [0.3, 0.4) is 0 Å². The normalized spacial score (nSPS) is 16.5. The number of hydrogen-bond acceptors (Lipinski definition) is 3. The topological polar surface area (TPSA) is 76.0 Å². The molecule has 0 bridgehead atoms. The maximum atomic E-state index is 12.7. The van der Waals surface area contributed by atoms with Crippen molar-refractivity contribution in [3.8, 4) is 0 Å². The number of amides is 2. The smallest absolute Gasteiger partial charge is 0.244 e. The molecule has 3 aromatic rings. The van der Waals surface area contributed by atoms with Crippen LogP contribution >= 0.6 is 0 Å². The Morgan fingerprint density at radius 2 is 1.92 bits per heavy atom. The molecule has 0 saturated heterocycles. The summed E-state index contributed by atoms with van der Waals surface area (Å²) in [6, 6.07) is 16.6. The monoisotopic (exact) mass is 320 g/mol. The summed E-state index contributed by atoms with van der Waals surface area (Å²) in [5, 5.41) is 5.66. The van der Waals surface area contributed by atoms with E-state index in [0.29, 0.717) is 12.5 Å². The number of carbonyl (C=O) groups is 2. The van der Waals surface area contributed by atoms with Crippen molar-refractivity contribution in [1.29, 1.82) is 0 Å². The minimum Gasteiger partial charge on any atom is -0.350 e. The van der Waals surface area contributed by atoms with Crippen molar-refractivity contribution in [1.82, 2.24) is 14.9 Å². The van der Waals surface area contributed by atoms with Gasteiger partial charge in [-0.05, 0) is 17.7 Å². The fourth-order valence-electron chi connectivity index (χ4n) is 3.00. The van der Waals surface area contributed by atoms with Crippen molar-refractivity contribution in [3.63, 3.8) is 0 Å².